The molecule has 0 saturated heterocycles. The van der Waals surface area contributed by atoms with Gasteiger partial charge in [-0.3, -0.25) is 0 Å². The molecule has 0 fully saturated rings. The van der Waals surface area contributed by atoms with Crippen molar-refractivity contribution in [1.82, 2.24) is 25.0 Å². The van der Waals surface area contributed by atoms with Crippen molar-refractivity contribution < 1.29 is 4.74 Å². The predicted molar refractivity (Wildman–Crippen MR) is 102 cm³/mol. The standard InChI is InChI=1S/C17H17N7OS/c1-9-7-10(3-4-11(9)18)8-24-16-14(22-23-24)13(20-17(19)21-16)15-12(25-2)5-6-26-15/h3-7H,8,18H2,1-2H3,(H2,19,20,21). The van der Waals surface area contributed by atoms with Gasteiger partial charge in [0.05, 0.1) is 18.5 Å². The fourth-order valence-corrected chi connectivity index (χ4v) is 3.63. The highest BCUT2D eigenvalue weighted by Crippen LogP contribution is 2.37. The zero-order valence-corrected chi connectivity index (χ0v) is 15.1. The number of ether oxygens (including phenoxy) is 1. The van der Waals surface area contributed by atoms with Crippen molar-refractivity contribution in [3.63, 3.8) is 0 Å². The van der Waals surface area contributed by atoms with E-state index in [1.54, 1.807) is 11.8 Å². The molecule has 9 heteroatoms. The molecule has 4 rings (SSSR count). The van der Waals surface area contributed by atoms with Crippen LogP contribution in [0.3, 0.4) is 0 Å². The van der Waals surface area contributed by atoms with Gasteiger partial charge in [0.15, 0.2) is 11.2 Å². The maximum Gasteiger partial charge on any atom is 0.222 e. The van der Waals surface area contributed by atoms with E-state index in [1.807, 2.05) is 36.6 Å². The van der Waals surface area contributed by atoms with Crippen LogP contribution in [-0.2, 0) is 6.54 Å². The Labute approximate surface area is 153 Å². The van der Waals surface area contributed by atoms with Crippen LogP contribution < -0.4 is 16.2 Å². The number of nitrogens with two attached hydrogens (primary N) is 2. The van der Waals surface area contributed by atoms with Gasteiger partial charge in [0.25, 0.3) is 0 Å². The minimum absolute atomic E-state index is 0.167. The van der Waals surface area contributed by atoms with Crippen molar-refractivity contribution in [1.29, 1.82) is 0 Å². The topological polar surface area (TPSA) is 118 Å². The van der Waals surface area contributed by atoms with Crippen LogP contribution in [0.15, 0.2) is 29.6 Å². The number of benzene rings is 1. The molecule has 132 valence electrons. The number of rotatable bonds is 4. The normalized spacial score (nSPS) is 11.2. The van der Waals surface area contributed by atoms with Gasteiger partial charge in [0.2, 0.25) is 5.95 Å². The molecule has 0 saturated carbocycles. The van der Waals surface area contributed by atoms with E-state index in [2.05, 4.69) is 20.3 Å². The number of nitrogens with zero attached hydrogens (tertiary/aromatic N) is 5. The molecule has 26 heavy (non-hydrogen) atoms. The zero-order chi connectivity index (χ0) is 18.3. The summed E-state index contributed by atoms with van der Waals surface area (Å²) in [6, 6.07) is 7.75. The summed E-state index contributed by atoms with van der Waals surface area (Å²) in [7, 11) is 1.62. The quantitative estimate of drug-likeness (QED) is 0.532. The van der Waals surface area contributed by atoms with Crippen molar-refractivity contribution in [3.05, 3.63) is 40.8 Å². The second kappa shape index (κ2) is 6.26. The van der Waals surface area contributed by atoms with E-state index < -0.39 is 0 Å². The largest absolute Gasteiger partial charge is 0.495 e. The Bertz CT molecular complexity index is 1100. The summed E-state index contributed by atoms with van der Waals surface area (Å²) in [6.07, 6.45) is 0. The number of thiophene rings is 1. The second-order valence-electron chi connectivity index (χ2n) is 5.86. The number of methoxy groups -OCH3 is 1. The average molecular weight is 367 g/mol. The average Bonchev–Trinajstić information content (AvgIpc) is 3.25. The first kappa shape index (κ1) is 16.3. The lowest BCUT2D eigenvalue weighted by Gasteiger charge is -2.07. The molecule has 0 aliphatic rings. The first-order chi connectivity index (χ1) is 12.6. The molecule has 0 radical (unpaired) electrons. The minimum atomic E-state index is 0.167. The maximum absolute atomic E-state index is 5.94. The van der Waals surface area contributed by atoms with Gasteiger partial charge in [0, 0.05) is 5.69 Å². The minimum Gasteiger partial charge on any atom is -0.495 e. The van der Waals surface area contributed by atoms with Gasteiger partial charge in [0.1, 0.15) is 11.4 Å². The van der Waals surface area contributed by atoms with E-state index in [0.717, 1.165) is 27.4 Å². The number of nitrogen functional groups attached to an aromatic ring is 2. The van der Waals surface area contributed by atoms with Gasteiger partial charge in [-0.2, -0.15) is 4.98 Å². The van der Waals surface area contributed by atoms with Crippen molar-refractivity contribution in [3.8, 4) is 16.3 Å². The highest BCUT2D eigenvalue weighted by Gasteiger charge is 2.19. The fourth-order valence-electron chi connectivity index (χ4n) is 2.78. The van der Waals surface area contributed by atoms with Crippen LogP contribution in [0.4, 0.5) is 11.6 Å². The molecule has 0 amide bonds. The molecule has 1 aromatic carbocycles. The van der Waals surface area contributed by atoms with Gasteiger partial charge in [-0.25, -0.2) is 9.67 Å². The van der Waals surface area contributed by atoms with Gasteiger partial charge in [-0.05, 0) is 35.6 Å². The van der Waals surface area contributed by atoms with Crippen LogP contribution in [0, 0.1) is 6.92 Å². The zero-order valence-electron chi connectivity index (χ0n) is 14.3. The summed E-state index contributed by atoms with van der Waals surface area (Å²) in [4.78, 5) is 9.55. The van der Waals surface area contributed by atoms with Crippen molar-refractivity contribution in [2.75, 3.05) is 18.6 Å². The fraction of sp³-hybridized carbons (Fsp3) is 0.176. The Kier molecular flexibility index (Phi) is 3.92. The molecule has 0 aliphatic carbocycles. The van der Waals surface area contributed by atoms with E-state index in [4.69, 9.17) is 16.2 Å². The highest BCUT2D eigenvalue weighted by atomic mass is 32.1. The first-order valence-electron chi connectivity index (χ1n) is 7.90. The Morgan fingerprint density at radius 2 is 2.04 bits per heavy atom. The van der Waals surface area contributed by atoms with Crippen LogP contribution in [0.1, 0.15) is 11.1 Å². The molecular weight excluding hydrogens is 350 g/mol. The van der Waals surface area contributed by atoms with E-state index in [1.165, 1.54) is 11.3 Å². The molecule has 4 N–H and O–H groups in total. The predicted octanol–water partition coefficient (Wildman–Crippen LogP) is 2.48. The maximum atomic E-state index is 5.94. The Hall–Kier alpha value is -3.20. The van der Waals surface area contributed by atoms with Crippen molar-refractivity contribution in [2.45, 2.75) is 13.5 Å². The third-order valence-corrected chi connectivity index (χ3v) is 5.01. The number of aromatic nitrogens is 5. The number of fused-ring (bicyclic) bond motifs is 1. The molecule has 3 heterocycles. The molecular formula is C17H17N7OS. The lowest BCUT2D eigenvalue weighted by Crippen LogP contribution is -2.05. The number of anilines is 2. The summed E-state index contributed by atoms with van der Waals surface area (Å²) >= 11 is 1.51. The molecule has 4 aromatic rings. The van der Waals surface area contributed by atoms with Crippen LogP contribution in [0.25, 0.3) is 21.7 Å². The SMILES string of the molecule is COc1ccsc1-c1nc(N)nc2c1nnn2Cc1ccc(N)c(C)c1. The summed E-state index contributed by atoms with van der Waals surface area (Å²) in [5, 5.41) is 10.5. The lowest BCUT2D eigenvalue weighted by molar-refractivity contribution is 0.418. The van der Waals surface area contributed by atoms with Crippen LogP contribution in [0.2, 0.25) is 0 Å². The highest BCUT2D eigenvalue weighted by molar-refractivity contribution is 7.14. The summed E-state index contributed by atoms with van der Waals surface area (Å²) in [5.74, 6) is 0.887. The molecule has 0 spiro atoms. The number of hydrogen-bond donors (Lipinski definition) is 2. The number of hydrogen-bond acceptors (Lipinski definition) is 8. The molecule has 0 aliphatic heterocycles. The van der Waals surface area contributed by atoms with E-state index in [0.29, 0.717) is 23.4 Å². The van der Waals surface area contributed by atoms with Gasteiger partial charge in [-0.1, -0.05) is 17.3 Å². The van der Waals surface area contributed by atoms with Crippen molar-refractivity contribution in [2.24, 2.45) is 0 Å². The van der Waals surface area contributed by atoms with Crippen LogP contribution >= 0.6 is 11.3 Å². The Morgan fingerprint density at radius 3 is 2.81 bits per heavy atom. The Balaban J connectivity index is 1.82. The summed E-state index contributed by atoms with van der Waals surface area (Å²) in [5.41, 5.74) is 16.5. The molecule has 0 bridgehead atoms. The monoisotopic (exact) mass is 367 g/mol. The molecule has 8 nitrogen and oxygen atoms in total. The smallest absolute Gasteiger partial charge is 0.222 e. The van der Waals surface area contributed by atoms with E-state index >= 15 is 0 Å². The first-order valence-corrected chi connectivity index (χ1v) is 8.78. The van der Waals surface area contributed by atoms with Crippen LogP contribution in [-0.4, -0.2) is 32.1 Å². The second-order valence-corrected chi connectivity index (χ2v) is 6.77. The third kappa shape index (κ3) is 2.72. The summed E-state index contributed by atoms with van der Waals surface area (Å²) < 4.78 is 7.11. The number of aryl methyl sites for hydroxylation is 1. The Morgan fingerprint density at radius 1 is 1.19 bits per heavy atom. The molecule has 0 atom stereocenters. The van der Waals surface area contributed by atoms with Gasteiger partial charge in [-0.15, -0.1) is 16.4 Å². The summed E-state index contributed by atoms with van der Waals surface area (Å²) in [6.45, 7) is 2.48. The van der Waals surface area contributed by atoms with Gasteiger partial charge >= 0.3 is 0 Å². The molecule has 0 unspecified atom stereocenters. The van der Waals surface area contributed by atoms with Crippen molar-refractivity contribution >= 4 is 34.1 Å². The molecule has 3 aromatic heterocycles. The lowest BCUT2D eigenvalue weighted by atomic mass is 10.1. The van der Waals surface area contributed by atoms with Crippen LogP contribution in [0.5, 0.6) is 5.75 Å². The van der Waals surface area contributed by atoms with E-state index in [9.17, 15) is 0 Å². The van der Waals surface area contributed by atoms with Gasteiger partial charge < -0.3 is 16.2 Å². The van der Waals surface area contributed by atoms with E-state index in [-0.39, 0.29) is 5.95 Å². The third-order valence-electron chi connectivity index (χ3n) is 4.11.